The second kappa shape index (κ2) is 6.06. The number of nitrogens with one attached hydrogen (secondary N) is 1. The molecule has 0 amide bonds. The van der Waals surface area contributed by atoms with Gasteiger partial charge in [-0.1, -0.05) is 12.1 Å². The Kier molecular flexibility index (Phi) is 4.40. The minimum atomic E-state index is -0.187. The number of hydrogen-bond donors (Lipinski definition) is 1. The number of ether oxygens (including phenoxy) is 1. The summed E-state index contributed by atoms with van der Waals surface area (Å²) in [6.07, 6.45) is 0. The van der Waals surface area contributed by atoms with Gasteiger partial charge in [0.1, 0.15) is 11.6 Å². The molecule has 2 aromatic rings. The molecule has 0 fully saturated rings. The van der Waals surface area contributed by atoms with Crippen LogP contribution in [0.3, 0.4) is 0 Å². The molecule has 1 atom stereocenters. The monoisotopic (exact) mass is 273 g/mol. The SMILES string of the molecule is CNC(c1ccc(OC)cc1)c1c(C)cc(F)cc1C. The van der Waals surface area contributed by atoms with E-state index in [0.29, 0.717) is 0 Å². The van der Waals surface area contributed by atoms with Crippen molar-refractivity contribution in [2.75, 3.05) is 14.2 Å². The molecule has 0 aliphatic rings. The molecule has 0 heterocycles. The average Bonchev–Trinajstić information content (AvgIpc) is 2.43. The van der Waals surface area contributed by atoms with Gasteiger partial charge in [0.2, 0.25) is 0 Å². The Morgan fingerprint density at radius 1 is 1.05 bits per heavy atom. The van der Waals surface area contributed by atoms with Gasteiger partial charge in [0.25, 0.3) is 0 Å². The van der Waals surface area contributed by atoms with Gasteiger partial charge in [0.05, 0.1) is 13.2 Å². The molecule has 0 spiro atoms. The number of methoxy groups -OCH3 is 1. The minimum absolute atomic E-state index is 0.0431. The second-order valence-corrected chi connectivity index (χ2v) is 4.95. The van der Waals surface area contributed by atoms with E-state index in [0.717, 1.165) is 28.0 Å². The molecule has 106 valence electrons. The number of benzene rings is 2. The van der Waals surface area contributed by atoms with Gasteiger partial charge in [-0.3, -0.25) is 0 Å². The predicted molar refractivity (Wildman–Crippen MR) is 79.8 cm³/mol. The zero-order valence-electron chi connectivity index (χ0n) is 12.3. The molecule has 0 radical (unpaired) electrons. The Bertz CT molecular complexity index is 569. The first-order chi connectivity index (χ1) is 9.56. The zero-order valence-corrected chi connectivity index (χ0v) is 12.3. The fourth-order valence-corrected chi connectivity index (χ4v) is 2.65. The molecule has 0 bridgehead atoms. The highest BCUT2D eigenvalue weighted by atomic mass is 19.1. The molecule has 0 saturated heterocycles. The van der Waals surface area contributed by atoms with Crippen LogP contribution >= 0.6 is 0 Å². The van der Waals surface area contributed by atoms with Crippen molar-refractivity contribution < 1.29 is 9.13 Å². The Balaban J connectivity index is 2.46. The molecule has 1 N–H and O–H groups in total. The summed E-state index contributed by atoms with van der Waals surface area (Å²) in [6.45, 7) is 3.89. The summed E-state index contributed by atoms with van der Waals surface area (Å²) < 4.78 is 18.6. The van der Waals surface area contributed by atoms with Gasteiger partial charge in [0, 0.05) is 0 Å². The van der Waals surface area contributed by atoms with Gasteiger partial charge in [-0.25, -0.2) is 4.39 Å². The highest BCUT2D eigenvalue weighted by Crippen LogP contribution is 2.29. The van der Waals surface area contributed by atoms with Gasteiger partial charge in [-0.2, -0.15) is 0 Å². The van der Waals surface area contributed by atoms with E-state index in [1.165, 1.54) is 0 Å². The maximum atomic E-state index is 13.4. The van der Waals surface area contributed by atoms with E-state index < -0.39 is 0 Å². The van der Waals surface area contributed by atoms with Crippen molar-refractivity contribution in [3.05, 3.63) is 64.5 Å². The molecule has 0 saturated carbocycles. The van der Waals surface area contributed by atoms with Crippen molar-refractivity contribution in [3.63, 3.8) is 0 Å². The van der Waals surface area contributed by atoms with Crippen LogP contribution in [0.25, 0.3) is 0 Å². The quantitative estimate of drug-likeness (QED) is 0.915. The van der Waals surface area contributed by atoms with Gasteiger partial charge < -0.3 is 10.1 Å². The van der Waals surface area contributed by atoms with E-state index in [1.54, 1.807) is 19.2 Å². The van der Waals surface area contributed by atoms with E-state index in [2.05, 4.69) is 5.32 Å². The largest absolute Gasteiger partial charge is 0.497 e. The summed E-state index contributed by atoms with van der Waals surface area (Å²) in [7, 11) is 3.57. The molecular weight excluding hydrogens is 253 g/mol. The second-order valence-electron chi connectivity index (χ2n) is 4.95. The summed E-state index contributed by atoms with van der Waals surface area (Å²) >= 11 is 0. The highest BCUT2D eigenvalue weighted by molar-refractivity contribution is 5.43. The molecule has 0 aliphatic heterocycles. The molecule has 3 heteroatoms. The van der Waals surface area contributed by atoms with Gasteiger partial charge in [-0.05, 0) is 67.4 Å². The van der Waals surface area contributed by atoms with Crippen LogP contribution in [0.2, 0.25) is 0 Å². The fourth-order valence-electron chi connectivity index (χ4n) is 2.65. The van der Waals surface area contributed by atoms with Crippen molar-refractivity contribution in [2.24, 2.45) is 0 Å². The Morgan fingerprint density at radius 3 is 2.05 bits per heavy atom. The number of halogens is 1. The summed E-state index contributed by atoms with van der Waals surface area (Å²) in [5, 5.41) is 3.31. The van der Waals surface area contributed by atoms with Gasteiger partial charge >= 0.3 is 0 Å². The molecule has 1 unspecified atom stereocenters. The molecule has 2 aromatic carbocycles. The lowest BCUT2D eigenvalue weighted by atomic mass is 9.91. The number of aryl methyl sites for hydroxylation is 2. The normalized spacial score (nSPS) is 12.2. The highest BCUT2D eigenvalue weighted by Gasteiger charge is 2.17. The third-order valence-corrected chi connectivity index (χ3v) is 3.58. The van der Waals surface area contributed by atoms with Crippen LogP contribution in [0.5, 0.6) is 5.75 Å². The van der Waals surface area contributed by atoms with Crippen molar-refractivity contribution in [2.45, 2.75) is 19.9 Å². The van der Waals surface area contributed by atoms with E-state index in [-0.39, 0.29) is 11.9 Å². The molecule has 0 aromatic heterocycles. The van der Waals surface area contributed by atoms with E-state index in [4.69, 9.17) is 4.74 Å². The van der Waals surface area contributed by atoms with E-state index >= 15 is 0 Å². The standard InChI is InChI=1S/C17H20FNO/c1-11-9-14(18)10-12(2)16(11)17(19-3)13-5-7-15(20-4)8-6-13/h5-10,17,19H,1-4H3. The van der Waals surface area contributed by atoms with Crippen LogP contribution in [0, 0.1) is 19.7 Å². The first-order valence-electron chi connectivity index (χ1n) is 6.64. The Morgan fingerprint density at radius 2 is 1.60 bits per heavy atom. The lowest BCUT2D eigenvalue weighted by Crippen LogP contribution is -2.20. The van der Waals surface area contributed by atoms with Gasteiger partial charge in [-0.15, -0.1) is 0 Å². The third-order valence-electron chi connectivity index (χ3n) is 3.58. The van der Waals surface area contributed by atoms with E-state index in [1.807, 2.05) is 45.2 Å². The van der Waals surface area contributed by atoms with Crippen LogP contribution in [0.15, 0.2) is 36.4 Å². The summed E-state index contributed by atoms with van der Waals surface area (Å²) in [4.78, 5) is 0. The molecular formula is C17H20FNO. The topological polar surface area (TPSA) is 21.3 Å². The van der Waals surface area contributed by atoms with Crippen LogP contribution < -0.4 is 10.1 Å². The summed E-state index contributed by atoms with van der Waals surface area (Å²) in [5.41, 5.74) is 4.17. The van der Waals surface area contributed by atoms with Crippen LogP contribution in [-0.4, -0.2) is 14.2 Å². The number of hydrogen-bond acceptors (Lipinski definition) is 2. The maximum Gasteiger partial charge on any atom is 0.123 e. The van der Waals surface area contributed by atoms with Crippen LogP contribution in [-0.2, 0) is 0 Å². The van der Waals surface area contributed by atoms with Crippen LogP contribution in [0.1, 0.15) is 28.3 Å². The first-order valence-corrected chi connectivity index (χ1v) is 6.64. The predicted octanol–water partition coefficient (Wildman–Crippen LogP) is 3.76. The Labute approximate surface area is 119 Å². The maximum absolute atomic E-state index is 13.4. The minimum Gasteiger partial charge on any atom is -0.497 e. The molecule has 2 rings (SSSR count). The third kappa shape index (κ3) is 2.83. The molecule has 20 heavy (non-hydrogen) atoms. The smallest absolute Gasteiger partial charge is 0.123 e. The van der Waals surface area contributed by atoms with Crippen molar-refractivity contribution in [1.82, 2.24) is 5.32 Å². The van der Waals surface area contributed by atoms with Crippen molar-refractivity contribution in [3.8, 4) is 5.75 Å². The van der Waals surface area contributed by atoms with Crippen molar-refractivity contribution in [1.29, 1.82) is 0 Å². The Hall–Kier alpha value is -1.87. The summed E-state index contributed by atoms with van der Waals surface area (Å²) in [5.74, 6) is 0.643. The lowest BCUT2D eigenvalue weighted by Gasteiger charge is -2.22. The lowest BCUT2D eigenvalue weighted by molar-refractivity contribution is 0.414. The zero-order chi connectivity index (χ0) is 14.7. The average molecular weight is 273 g/mol. The molecule has 0 aliphatic carbocycles. The van der Waals surface area contributed by atoms with Crippen molar-refractivity contribution >= 4 is 0 Å². The van der Waals surface area contributed by atoms with E-state index in [9.17, 15) is 4.39 Å². The van der Waals surface area contributed by atoms with Gasteiger partial charge in [0.15, 0.2) is 0 Å². The molecule has 2 nitrogen and oxygen atoms in total. The number of rotatable bonds is 4. The fraction of sp³-hybridized carbons (Fsp3) is 0.294. The summed E-state index contributed by atoms with van der Waals surface area (Å²) in [6, 6.07) is 11.1. The van der Waals surface area contributed by atoms with Crippen LogP contribution in [0.4, 0.5) is 4.39 Å². The first kappa shape index (κ1) is 14.5.